The van der Waals surface area contributed by atoms with Gasteiger partial charge in [0, 0.05) is 43.8 Å². The van der Waals surface area contributed by atoms with E-state index >= 15 is 0 Å². The molecule has 234 valence electrons. The summed E-state index contributed by atoms with van der Waals surface area (Å²) in [6.45, 7) is 0. The molecule has 0 amide bonds. The normalized spacial score (nSPS) is 13.0. The van der Waals surface area contributed by atoms with Crippen molar-refractivity contribution in [2.75, 3.05) is 0 Å². The zero-order chi connectivity index (χ0) is 37.4. The number of benzene rings is 7. The number of furan rings is 2. The molecule has 3 heterocycles. The van der Waals surface area contributed by atoms with Gasteiger partial charge in [-0.15, -0.1) is 0 Å². The molecule has 0 aliphatic carbocycles. The Kier molecular flexibility index (Phi) is 5.35. The van der Waals surface area contributed by atoms with E-state index in [1.54, 1.807) is 12.1 Å². The van der Waals surface area contributed by atoms with Crippen LogP contribution in [0.2, 0.25) is 0 Å². The van der Waals surface area contributed by atoms with Crippen molar-refractivity contribution in [2.24, 2.45) is 0 Å². The number of hydrogen-bond acceptors (Lipinski definition) is 5. The second kappa shape index (κ2) is 11.4. The first-order valence-corrected chi connectivity index (χ1v) is 16.2. The Labute approximate surface area is 294 Å². The van der Waals surface area contributed by atoms with Crippen molar-refractivity contribution in [3.05, 3.63) is 164 Å². The maximum absolute atomic E-state index is 8.46. The Hall–Kier alpha value is -6.85. The smallest absolute Gasteiger partial charge is 0.164 e. The van der Waals surface area contributed by atoms with Gasteiger partial charge < -0.3 is 8.83 Å². The maximum atomic E-state index is 8.46. The van der Waals surface area contributed by atoms with E-state index in [-0.39, 0.29) is 29.7 Å². The molecule has 5 nitrogen and oxygen atoms in total. The molecule has 0 bridgehead atoms. The van der Waals surface area contributed by atoms with Gasteiger partial charge in [0.05, 0.1) is 6.85 Å². The monoisotopic (exact) mass is 646 g/mol. The minimum Gasteiger partial charge on any atom is -0.456 e. The van der Waals surface area contributed by atoms with Crippen molar-refractivity contribution < 1.29 is 15.7 Å². The highest BCUT2D eigenvalue weighted by Crippen LogP contribution is 2.42. The number of para-hydroxylation sites is 2. The second-order valence-electron chi connectivity index (χ2n) is 12.0. The van der Waals surface area contributed by atoms with Crippen LogP contribution in [-0.2, 0) is 0 Å². The van der Waals surface area contributed by atoms with Crippen LogP contribution in [0.3, 0.4) is 0 Å². The summed E-state index contributed by atoms with van der Waals surface area (Å²) in [6, 6.07) is 41.2. The minimum absolute atomic E-state index is 0.153. The molecule has 0 fully saturated rings. The molecule has 0 aliphatic rings. The van der Waals surface area contributed by atoms with Crippen LogP contribution in [0.1, 0.15) is 6.85 Å². The van der Waals surface area contributed by atoms with E-state index in [1.165, 1.54) is 0 Å². The fourth-order valence-corrected chi connectivity index (χ4v) is 6.75. The average molecular weight is 647 g/mol. The van der Waals surface area contributed by atoms with Gasteiger partial charge in [-0.1, -0.05) is 133 Å². The molecule has 10 aromatic rings. The van der Waals surface area contributed by atoms with Crippen LogP contribution in [0.15, 0.2) is 173 Å². The first-order chi connectivity index (χ1) is 26.9. The summed E-state index contributed by atoms with van der Waals surface area (Å²) >= 11 is 0. The minimum atomic E-state index is -0.420. The highest BCUT2D eigenvalue weighted by molar-refractivity contribution is 6.16. The lowest BCUT2D eigenvalue weighted by atomic mass is 9.96. The van der Waals surface area contributed by atoms with Gasteiger partial charge in [-0.3, -0.25) is 0 Å². The van der Waals surface area contributed by atoms with Gasteiger partial charge in [0.2, 0.25) is 0 Å². The predicted octanol–water partition coefficient (Wildman–Crippen LogP) is 12.0. The standard InChI is InChI=1S/C45H27N3O2/c1-3-12-28(13-4-1)29-22-24-30(25-23-29)32-26-27-36(41-34-17-8-10-20-38(34)50-42(32)41)45-47-43(31-14-5-2-6-15-31)46-44(48-45)35-18-11-21-39-40(35)33-16-7-9-19-37(33)49-39/h1-27H/i1D,3D,4D,12D,13D. The van der Waals surface area contributed by atoms with E-state index in [9.17, 15) is 0 Å². The van der Waals surface area contributed by atoms with Gasteiger partial charge in [0.15, 0.2) is 17.5 Å². The van der Waals surface area contributed by atoms with Crippen LogP contribution >= 0.6 is 0 Å². The third-order valence-electron chi connectivity index (χ3n) is 9.06. The van der Waals surface area contributed by atoms with Gasteiger partial charge in [-0.05, 0) is 47.0 Å². The lowest BCUT2D eigenvalue weighted by Crippen LogP contribution is -2.01. The maximum Gasteiger partial charge on any atom is 0.164 e. The number of nitrogens with zero attached hydrogens (tertiary/aromatic N) is 3. The quantitative estimate of drug-likeness (QED) is 0.186. The molecule has 0 N–H and O–H groups in total. The molecular weight excluding hydrogens is 615 g/mol. The first-order valence-electron chi connectivity index (χ1n) is 18.7. The van der Waals surface area contributed by atoms with E-state index in [1.807, 2.05) is 121 Å². The summed E-state index contributed by atoms with van der Waals surface area (Å²) in [6.07, 6.45) is 0. The summed E-state index contributed by atoms with van der Waals surface area (Å²) < 4.78 is 54.0. The summed E-state index contributed by atoms with van der Waals surface area (Å²) in [5, 5.41) is 3.64. The topological polar surface area (TPSA) is 65.0 Å². The van der Waals surface area contributed by atoms with Gasteiger partial charge in [0.1, 0.15) is 22.3 Å². The van der Waals surface area contributed by atoms with Gasteiger partial charge >= 0.3 is 0 Å². The number of fused-ring (bicyclic) bond motifs is 6. The lowest BCUT2D eigenvalue weighted by molar-refractivity contribution is 0.669. The SMILES string of the molecule is [2H]c1c([2H])c([2H])c(-c2ccc(-c3ccc(-c4nc(-c5ccccc5)nc(-c5cccc6oc7ccccc7c56)n4)c4c3oc3ccccc34)cc2)c([2H])c1[2H]. The molecular formula is C45H27N3O2. The summed E-state index contributed by atoms with van der Waals surface area (Å²) in [5.41, 5.74) is 7.62. The van der Waals surface area contributed by atoms with E-state index < -0.39 is 6.04 Å². The molecule has 0 aliphatic heterocycles. The van der Waals surface area contributed by atoms with Crippen molar-refractivity contribution in [3.8, 4) is 56.4 Å². The Morgan fingerprint density at radius 1 is 0.380 bits per heavy atom. The number of rotatable bonds is 5. The van der Waals surface area contributed by atoms with Crippen molar-refractivity contribution in [1.29, 1.82) is 0 Å². The first kappa shape index (κ1) is 23.5. The lowest BCUT2D eigenvalue weighted by Gasteiger charge is -2.11. The fourth-order valence-electron chi connectivity index (χ4n) is 6.75. The Morgan fingerprint density at radius 2 is 0.960 bits per heavy atom. The summed E-state index contributed by atoms with van der Waals surface area (Å²) in [4.78, 5) is 15.3. The molecule has 0 radical (unpaired) electrons. The predicted molar refractivity (Wildman–Crippen MR) is 202 cm³/mol. The number of hydrogen-bond donors (Lipinski definition) is 0. The molecule has 0 saturated carbocycles. The van der Waals surface area contributed by atoms with Crippen LogP contribution in [0.4, 0.5) is 0 Å². The second-order valence-corrected chi connectivity index (χ2v) is 12.0. The zero-order valence-electron chi connectivity index (χ0n) is 31.4. The molecule has 7 aromatic carbocycles. The van der Waals surface area contributed by atoms with E-state index in [2.05, 4.69) is 0 Å². The van der Waals surface area contributed by atoms with Crippen molar-refractivity contribution in [2.45, 2.75) is 0 Å². The molecule has 0 atom stereocenters. The Balaban J connectivity index is 1.18. The molecule has 0 unspecified atom stereocenters. The third kappa shape index (κ3) is 4.60. The molecule has 5 heteroatoms. The molecule has 50 heavy (non-hydrogen) atoms. The van der Waals surface area contributed by atoms with E-state index in [0.29, 0.717) is 34.2 Å². The largest absolute Gasteiger partial charge is 0.456 e. The van der Waals surface area contributed by atoms with E-state index in [0.717, 1.165) is 60.5 Å². The van der Waals surface area contributed by atoms with Gasteiger partial charge in [0.25, 0.3) is 0 Å². The van der Waals surface area contributed by atoms with Gasteiger partial charge in [-0.25, -0.2) is 15.0 Å². The van der Waals surface area contributed by atoms with Crippen molar-refractivity contribution >= 4 is 43.9 Å². The molecule has 0 saturated heterocycles. The highest BCUT2D eigenvalue weighted by atomic mass is 16.3. The summed E-state index contributed by atoms with van der Waals surface area (Å²) in [7, 11) is 0. The van der Waals surface area contributed by atoms with Crippen molar-refractivity contribution in [1.82, 2.24) is 15.0 Å². The van der Waals surface area contributed by atoms with Crippen LogP contribution in [0, 0.1) is 0 Å². The van der Waals surface area contributed by atoms with Gasteiger partial charge in [-0.2, -0.15) is 0 Å². The van der Waals surface area contributed by atoms with Crippen LogP contribution in [0.5, 0.6) is 0 Å². The average Bonchev–Trinajstić information content (AvgIpc) is 3.82. The molecule has 10 rings (SSSR count). The van der Waals surface area contributed by atoms with Crippen LogP contribution in [-0.4, -0.2) is 15.0 Å². The highest BCUT2D eigenvalue weighted by Gasteiger charge is 2.22. The Bertz CT molecular complexity index is 3130. The third-order valence-corrected chi connectivity index (χ3v) is 9.06. The number of aromatic nitrogens is 3. The van der Waals surface area contributed by atoms with Crippen LogP contribution < -0.4 is 0 Å². The molecule has 3 aromatic heterocycles. The van der Waals surface area contributed by atoms with Crippen LogP contribution in [0.25, 0.3) is 100 Å². The zero-order valence-corrected chi connectivity index (χ0v) is 26.4. The summed E-state index contributed by atoms with van der Waals surface area (Å²) in [5.74, 6) is 1.52. The molecule has 0 spiro atoms. The van der Waals surface area contributed by atoms with E-state index in [4.69, 9.17) is 30.6 Å². The fraction of sp³-hybridized carbons (Fsp3) is 0. The Morgan fingerprint density at radius 3 is 1.72 bits per heavy atom. The van der Waals surface area contributed by atoms with Crippen molar-refractivity contribution in [3.63, 3.8) is 0 Å².